The summed E-state index contributed by atoms with van der Waals surface area (Å²) in [6, 6.07) is 6.73. The molecule has 1 N–H and O–H groups in total. The number of halogens is 2. The molecule has 3 aromatic rings. The lowest BCUT2D eigenvalue weighted by molar-refractivity contribution is 0.601. The van der Waals surface area contributed by atoms with E-state index in [2.05, 4.69) is 27.2 Å². The molecular weight excluding hydrogens is 317 g/mol. The highest BCUT2D eigenvalue weighted by Gasteiger charge is 2.11. The Labute approximate surface area is 140 Å². The van der Waals surface area contributed by atoms with E-state index in [0.29, 0.717) is 17.8 Å². The van der Waals surface area contributed by atoms with Crippen LogP contribution in [0, 0.1) is 5.82 Å². The Balaban J connectivity index is 0.00000192. The molecule has 0 atom stereocenters. The molecule has 3 rings (SSSR count). The maximum absolute atomic E-state index is 13.8. The molecule has 0 aliphatic heterocycles. The van der Waals surface area contributed by atoms with Crippen LogP contribution in [0.2, 0.25) is 0 Å². The van der Waals surface area contributed by atoms with Crippen LogP contribution in [0.4, 0.5) is 10.2 Å². The van der Waals surface area contributed by atoms with Crippen LogP contribution in [0.3, 0.4) is 0 Å². The van der Waals surface area contributed by atoms with E-state index >= 15 is 0 Å². The van der Waals surface area contributed by atoms with E-state index in [4.69, 9.17) is 0 Å². The maximum atomic E-state index is 13.8. The number of rotatable bonds is 6. The number of hydrogen-bond donors (Lipinski definition) is 1. The van der Waals surface area contributed by atoms with Crippen molar-refractivity contribution in [2.45, 2.75) is 26.3 Å². The molecule has 0 fully saturated rings. The van der Waals surface area contributed by atoms with E-state index in [1.54, 1.807) is 18.5 Å². The van der Waals surface area contributed by atoms with Crippen molar-refractivity contribution in [3.8, 4) is 0 Å². The molecular formula is C16H19ClFN5. The normalized spacial score (nSPS) is 10.5. The molecule has 5 nitrogen and oxygen atoms in total. The Morgan fingerprint density at radius 2 is 2.00 bits per heavy atom. The predicted octanol–water partition coefficient (Wildman–Crippen LogP) is 3.65. The molecule has 0 aliphatic carbocycles. The quantitative estimate of drug-likeness (QED) is 0.699. The molecule has 0 radical (unpaired) electrons. The van der Waals surface area contributed by atoms with Crippen molar-refractivity contribution >= 4 is 29.4 Å². The van der Waals surface area contributed by atoms with Crippen LogP contribution in [-0.4, -0.2) is 26.1 Å². The summed E-state index contributed by atoms with van der Waals surface area (Å²) in [5.74, 6) is 0.505. The lowest BCUT2D eigenvalue weighted by atomic mass is 10.2. The highest BCUT2D eigenvalue weighted by molar-refractivity contribution is 5.85. The minimum atomic E-state index is -0.222. The van der Waals surface area contributed by atoms with Gasteiger partial charge in [-0.1, -0.05) is 31.5 Å². The van der Waals surface area contributed by atoms with Crippen LogP contribution in [0.5, 0.6) is 0 Å². The molecule has 122 valence electrons. The third-order valence-corrected chi connectivity index (χ3v) is 3.52. The number of nitrogens with one attached hydrogen (secondary N) is 1. The van der Waals surface area contributed by atoms with E-state index < -0.39 is 0 Å². The number of hydrogen-bond acceptors (Lipinski definition) is 4. The van der Waals surface area contributed by atoms with E-state index in [1.807, 2.05) is 10.6 Å². The highest BCUT2D eigenvalue weighted by atomic mass is 35.5. The smallest absolute Gasteiger partial charge is 0.165 e. The lowest BCUT2D eigenvalue weighted by Gasteiger charge is -2.07. The summed E-state index contributed by atoms with van der Waals surface area (Å²) >= 11 is 0. The first-order valence-corrected chi connectivity index (χ1v) is 7.42. The highest BCUT2D eigenvalue weighted by Crippen LogP contribution is 2.19. The van der Waals surface area contributed by atoms with Crippen molar-refractivity contribution in [1.29, 1.82) is 0 Å². The molecule has 1 aromatic carbocycles. The Hall–Kier alpha value is -2.21. The third-order valence-electron chi connectivity index (χ3n) is 3.52. The van der Waals surface area contributed by atoms with Crippen LogP contribution in [0.1, 0.15) is 25.3 Å². The molecule has 0 unspecified atom stereocenters. The zero-order valence-electron chi connectivity index (χ0n) is 12.9. The zero-order valence-corrected chi connectivity index (χ0v) is 13.7. The molecule has 0 bridgehead atoms. The second kappa shape index (κ2) is 7.87. The van der Waals surface area contributed by atoms with Crippen molar-refractivity contribution in [3.05, 3.63) is 48.3 Å². The summed E-state index contributed by atoms with van der Waals surface area (Å²) in [6.45, 7) is 3.39. The molecule has 0 saturated heterocycles. The molecule has 2 aromatic heterocycles. The minimum Gasteiger partial charge on any atom is -0.368 e. The molecule has 0 spiro atoms. The maximum Gasteiger partial charge on any atom is 0.165 e. The lowest BCUT2D eigenvalue weighted by Crippen LogP contribution is -2.05. The van der Waals surface area contributed by atoms with Crippen molar-refractivity contribution < 1.29 is 4.39 Å². The van der Waals surface area contributed by atoms with Gasteiger partial charge in [0.15, 0.2) is 11.5 Å². The molecule has 0 aliphatic rings. The van der Waals surface area contributed by atoms with Crippen LogP contribution in [0.15, 0.2) is 36.9 Å². The number of imidazole rings is 1. The number of unbranched alkanes of at least 4 members (excludes halogenated alkanes) is 1. The number of nitrogens with zero attached hydrogens (tertiary/aromatic N) is 4. The molecule has 2 heterocycles. The molecule has 0 saturated carbocycles. The van der Waals surface area contributed by atoms with Gasteiger partial charge in [-0.25, -0.2) is 19.3 Å². The Bertz CT molecular complexity index is 774. The Morgan fingerprint density at radius 1 is 1.17 bits per heavy atom. The first kappa shape index (κ1) is 17.1. The van der Waals surface area contributed by atoms with Crippen LogP contribution < -0.4 is 5.32 Å². The second-order valence-electron chi connectivity index (χ2n) is 5.14. The van der Waals surface area contributed by atoms with Crippen molar-refractivity contribution in [2.75, 3.05) is 11.9 Å². The summed E-state index contributed by atoms with van der Waals surface area (Å²) in [7, 11) is 0. The zero-order chi connectivity index (χ0) is 15.4. The average Bonchev–Trinajstić information content (AvgIpc) is 2.94. The van der Waals surface area contributed by atoms with Gasteiger partial charge in [0.1, 0.15) is 17.7 Å². The fourth-order valence-electron chi connectivity index (χ4n) is 2.32. The predicted molar refractivity (Wildman–Crippen MR) is 91.5 cm³/mol. The monoisotopic (exact) mass is 335 g/mol. The van der Waals surface area contributed by atoms with Gasteiger partial charge in [0.05, 0.1) is 12.9 Å². The molecule has 23 heavy (non-hydrogen) atoms. The van der Waals surface area contributed by atoms with Crippen LogP contribution in [-0.2, 0) is 6.54 Å². The summed E-state index contributed by atoms with van der Waals surface area (Å²) in [5.41, 5.74) is 2.04. The van der Waals surface area contributed by atoms with E-state index in [1.165, 1.54) is 12.4 Å². The van der Waals surface area contributed by atoms with Gasteiger partial charge in [-0.05, 0) is 12.5 Å². The van der Waals surface area contributed by atoms with Crippen molar-refractivity contribution in [1.82, 2.24) is 19.5 Å². The standard InChI is InChI=1S/C16H18FN5.ClH/c1-2-3-8-18-15-14-16(20-10-19-15)22(11-21-14)9-12-6-4-5-7-13(12)17;/h4-7,10-11H,2-3,8-9H2,1H3,(H,18,19,20);1H. The van der Waals surface area contributed by atoms with E-state index in [9.17, 15) is 4.39 Å². The average molecular weight is 336 g/mol. The summed E-state index contributed by atoms with van der Waals surface area (Å²) in [4.78, 5) is 12.9. The second-order valence-corrected chi connectivity index (χ2v) is 5.14. The van der Waals surface area contributed by atoms with E-state index in [0.717, 1.165) is 30.7 Å². The molecule has 7 heteroatoms. The largest absolute Gasteiger partial charge is 0.368 e. The SMILES string of the molecule is CCCCNc1ncnc2c1ncn2Cc1ccccc1F.Cl. The summed E-state index contributed by atoms with van der Waals surface area (Å²) < 4.78 is 15.6. The van der Waals surface area contributed by atoms with Gasteiger partial charge in [-0.15, -0.1) is 12.4 Å². The van der Waals surface area contributed by atoms with E-state index in [-0.39, 0.29) is 18.2 Å². The van der Waals surface area contributed by atoms with Gasteiger partial charge in [0, 0.05) is 12.1 Å². The van der Waals surface area contributed by atoms with Crippen LogP contribution >= 0.6 is 12.4 Å². The summed E-state index contributed by atoms with van der Waals surface area (Å²) in [5, 5.41) is 3.28. The first-order valence-electron chi connectivity index (χ1n) is 7.42. The summed E-state index contributed by atoms with van der Waals surface area (Å²) in [6.07, 6.45) is 5.37. The number of anilines is 1. The van der Waals surface area contributed by atoms with Gasteiger partial charge < -0.3 is 9.88 Å². The van der Waals surface area contributed by atoms with Gasteiger partial charge in [0.2, 0.25) is 0 Å². The fourth-order valence-corrected chi connectivity index (χ4v) is 2.32. The topological polar surface area (TPSA) is 55.6 Å². The third kappa shape index (κ3) is 3.76. The minimum absolute atomic E-state index is 0. The molecule has 0 amide bonds. The van der Waals surface area contributed by atoms with Crippen molar-refractivity contribution in [2.24, 2.45) is 0 Å². The van der Waals surface area contributed by atoms with Gasteiger partial charge in [0.25, 0.3) is 0 Å². The first-order chi connectivity index (χ1) is 10.8. The fraction of sp³-hybridized carbons (Fsp3) is 0.312. The van der Waals surface area contributed by atoms with Crippen molar-refractivity contribution in [3.63, 3.8) is 0 Å². The Kier molecular flexibility index (Phi) is 5.87. The van der Waals surface area contributed by atoms with Gasteiger partial charge in [-0.3, -0.25) is 0 Å². The Morgan fingerprint density at radius 3 is 2.78 bits per heavy atom. The number of fused-ring (bicyclic) bond motifs is 1. The number of aromatic nitrogens is 4. The number of benzene rings is 1. The van der Waals surface area contributed by atoms with Gasteiger partial charge >= 0.3 is 0 Å². The van der Waals surface area contributed by atoms with Crippen LogP contribution in [0.25, 0.3) is 11.2 Å². The van der Waals surface area contributed by atoms with Gasteiger partial charge in [-0.2, -0.15) is 0 Å².